The normalized spacial score (nSPS) is 10.0. The van der Waals surface area contributed by atoms with E-state index >= 15 is 0 Å². The Hall–Kier alpha value is -0.830. The third kappa shape index (κ3) is 5.03. The van der Waals surface area contributed by atoms with Gasteiger partial charge in [0, 0.05) is 21.7 Å². The van der Waals surface area contributed by atoms with Gasteiger partial charge in [0.15, 0.2) is 0 Å². The number of methoxy groups -OCH3 is 1. The lowest BCUT2D eigenvalue weighted by Crippen LogP contribution is -2.14. The van der Waals surface area contributed by atoms with Crippen molar-refractivity contribution in [3.63, 3.8) is 0 Å². The van der Waals surface area contributed by atoms with Crippen molar-refractivity contribution >= 4 is 5.91 Å². The van der Waals surface area contributed by atoms with Crippen LogP contribution < -0.4 is 5.32 Å². The molecule has 3 nitrogen and oxygen atoms in total. The molecule has 0 aliphatic heterocycles. The van der Waals surface area contributed by atoms with Crippen LogP contribution in [0.5, 0.6) is 0 Å². The Morgan fingerprint density at radius 2 is 2.56 bits per heavy atom. The van der Waals surface area contributed by atoms with Crippen LogP contribution in [0.15, 0.2) is 12.2 Å². The minimum absolute atomic E-state index is 0. The first-order chi connectivity index (χ1) is 4.31. The highest BCUT2D eigenvalue weighted by Crippen LogP contribution is 1.72. The van der Waals surface area contributed by atoms with Crippen molar-refractivity contribution in [3.05, 3.63) is 12.2 Å². The molecule has 0 radical (unpaired) electrons. The lowest BCUT2D eigenvalue weighted by Gasteiger charge is -1.88. The first-order valence-corrected chi connectivity index (χ1v) is 2.68. The van der Waals surface area contributed by atoms with E-state index in [1.54, 1.807) is 20.2 Å². The predicted octanol–water partition coefficient (Wildman–Crippen LogP) is 0.181. The molecule has 0 rings (SSSR count). The summed E-state index contributed by atoms with van der Waals surface area (Å²) in [6.45, 7) is 0.480. The molecule has 1 N–H and O–H groups in total. The zero-order valence-electron chi connectivity index (χ0n) is 5.68. The van der Waals surface area contributed by atoms with Crippen molar-refractivity contribution < 1.29 is 11.0 Å². The molecule has 0 saturated carbocycles. The van der Waals surface area contributed by atoms with Gasteiger partial charge in [0.2, 0.25) is 5.91 Å². The van der Waals surface area contributed by atoms with E-state index in [4.69, 9.17) is 0 Å². The average molecular weight is 131 g/mol. The molecule has 0 aromatic heterocycles. The molecule has 0 aliphatic rings. The van der Waals surface area contributed by atoms with Crippen LogP contribution in [-0.2, 0) is 9.53 Å². The second-order valence-electron chi connectivity index (χ2n) is 1.47. The van der Waals surface area contributed by atoms with Gasteiger partial charge in [0.1, 0.15) is 0 Å². The minimum atomic E-state index is -0.105. The van der Waals surface area contributed by atoms with Gasteiger partial charge in [-0.2, -0.15) is 0 Å². The summed E-state index contributed by atoms with van der Waals surface area (Å²) < 4.78 is 4.67. The van der Waals surface area contributed by atoms with Crippen molar-refractivity contribution in [2.24, 2.45) is 0 Å². The van der Waals surface area contributed by atoms with Crippen LogP contribution in [0.1, 0.15) is 1.43 Å². The SMILES string of the molecule is CNC(=O)/C=C/COC.[HH]. The molecular weight excluding hydrogens is 118 g/mol. The Kier molecular flexibility index (Phi) is 4.82. The Labute approximate surface area is 56.2 Å². The minimum Gasteiger partial charge on any atom is -0.381 e. The number of rotatable bonds is 3. The van der Waals surface area contributed by atoms with Gasteiger partial charge in [0.25, 0.3) is 0 Å². The molecule has 0 fully saturated rings. The largest absolute Gasteiger partial charge is 0.381 e. The fraction of sp³-hybridized carbons (Fsp3) is 0.500. The van der Waals surface area contributed by atoms with Crippen LogP contribution in [0.4, 0.5) is 0 Å². The van der Waals surface area contributed by atoms with Crippen molar-refractivity contribution in [2.45, 2.75) is 0 Å². The average Bonchev–Trinajstić information content (AvgIpc) is 1.89. The molecule has 0 aliphatic carbocycles. The van der Waals surface area contributed by atoms with E-state index < -0.39 is 0 Å². The van der Waals surface area contributed by atoms with E-state index in [1.807, 2.05) is 0 Å². The molecule has 54 valence electrons. The molecule has 0 spiro atoms. The number of nitrogens with one attached hydrogen (secondary N) is 1. The summed E-state index contributed by atoms with van der Waals surface area (Å²) in [5.74, 6) is -0.105. The molecule has 0 atom stereocenters. The quantitative estimate of drug-likeness (QED) is 0.555. The van der Waals surface area contributed by atoms with E-state index in [-0.39, 0.29) is 7.33 Å². The van der Waals surface area contributed by atoms with Crippen molar-refractivity contribution in [1.29, 1.82) is 0 Å². The molecule has 0 unspecified atom stereocenters. The third-order valence-electron chi connectivity index (χ3n) is 0.779. The number of ether oxygens (including phenoxy) is 1. The summed E-state index contributed by atoms with van der Waals surface area (Å²) in [5.41, 5.74) is 0. The van der Waals surface area contributed by atoms with E-state index in [1.165, 1.54) is 6.08 Å². The number of amides is 1. The first kappa shape index (κ1) is 8.17. The first-order valence-electron chi connectivity index (χ1n) is 2.68. The van der Waals surface area contributed by atoms with Crippen LogP contribution in [0.3, 0.4) is 0 Å². The van der Waals surface area contributed by atoms with Gasteiger partial charge < -0.3 is 10.1 Å². The molecule has 9 heavy (non-hydrogen) atoms. The third-order valence-corrected chi connectivity index (χ3v) is 0.779. The maximum Gasteiger partial charge on any atom is 0.243 e. The van der Waals surface area contributed by atoms with E-state index in [2.05, 4.69) is 10.1 Å². The summed E-state index contributed by atoms with van der Waals surface area (Å²) in [5, 5.41) is 2.44. The fourth-order valence-corrected chi connectivity index (χ4v) is 0.335. The Morgan fingerprint density at radius 3 is 3.00 bits per heavy atom. The van der Waals surface area contributed by atoms with Crippen molar-refractivity contribution in [2.75, 3.05) is 20.8 Å². The zero-order chi connectivity index (χ0) is 7.11. The van der Waals surface area contributed by atoms with Gasteiger partial charge in [-0.25, -0.2) is 0 Å². The number of carbonyl (C=O) groups is 1. The van der Waals surface area contributed by atoms with Crippen molar-refractivity contribution in [3.8, 4) is 0 Å². The topological polar surface area (TPSA) is 38.3 Å². The van der Waals surface area contributed by atoms with Gasteiger partial charge in [-0.3, -0.25) is 4.79 Å². The van der Waals surface area contributed by atoms with Crippen LogP contribution in [0.25, 0.3) is 0 Å². The van der Waals surface area contributed by atoms with Gasteiger partial charge in [-0.05, 0) is 0 Å². The molecular formula is C6H13NO2. The summed E-state index contributed by atoms with van der Waals surface area (Å²) in [6.07, 6.45) is 3.09. The van der Waals surface area contributed by atoms with Gasteiger partial charge in [-0.15, -0.1) is 0 Å². The highest BCUT2D eigenvalue weighted by atomic mass is 16.5. The monoisotopic (exact) mass is 131 g/mol. The van der Waals surface area contributed by atoms with E-state index in [0.29, 0.717) is 6.61 Å². The Balaban J connectivity index is 0. The number of hydrogen-bond donors (Lipinski definition) is 1. The Bertz CT molecular complexity index is 114. The van der Waals surface area contributed by atoms with Gasteiger partial charge in [-0.1, -0.05) is 6.08 Å². The fourth-order valence-electron chi connectivity index (χ4n) is 0.335. The smallest absolute Gasteiger partial charge is 0.243 e. The number of likely N-dealkylation sites (N-methyl/N-ethyl adjacent to an activating group) is 1. The highest BCUT2D eigenvalue weighted by Gasteiger charge is 1.84. The van der Waals surface area contributed by atoms with Crippen LogP contribution in [0.2, 0.25) is 0 Å². The molecule has 1 amide bonds. The second-order valence-corrected chi connectivity index (χ2v) is 1.47. The summed E-state index contributed by atoms with van der Waals surface area (Å²) >= 11 is 0. The summed E-state index contributed by atoms with van der Waals surface area (Å²) in [6, 6.07) is 0. The van der Waals surface area contributed by atoms with Crippen LogP contribution >= 0.6 is 0 Å². The molecule has 0 bridgehead atoms. The van der Waals surface area contributed by atoms with Crippen LogP contribution in [0, 0.1) is 0 Å². The van der Waals surface area contributed by atoms with E-state index in [9.17, 15) is 4.79 Å². The van der Waals surface area contributed by atoms with Crippen LogP contribution in [-0.4, -0.2) is 26.7 Å². The highest BCUT2D eigenvalue weighted by molar-refractivity contribution is 5.87. The standard InChI is InChI=1S/C6H11NO2.H2/c1-7-6(8)4-3-5-9-2;/h3-4H,5H2,1-2H3,(H,7,8);1H/b4-3+;. The number of carbonyl (C=O) groups excluding carboxylic acids is 1. The number of hydrogen-bond acceptors (Lipinski definition) is 2. The Morgan fingerprint density at radius 1 is 1.89 bits per heavy atom. The molecule has 3 heteroatoms. The zero-order valence-corrected chi connectivity index (χ0v) is 5.68. The lowest BCUT2D eigenvalue weighted by molar-refractivity contribution is -0.116. The van der Waals surface area contributed by atoms with E-state index in [0.717, 1.165) is 0 Å². The van der Waals surface area contributed by atoms with Crippen molar-refractivity contribution in [1.82, 2.24) is 5.32 Å². The molecule has 0 aromatic rings. The lowest BCUT2D eigenvalue weighted by atomic mass is 10.5. The van der Waals surface area contributed by atoms with Gasteiger partial charge in [0.05, 0.1) is 6.61 Å². The molecule has 0 heterocycles. The summed E-state index contributed by atoms with van der Waals surface area (Å²) in [4.78, 5) is 10.4. The van der Waals surface area contributed by atoms with Gasteiger partial charge >= 0.3 is 0 Å². The maximum atomic E-state index is 10.4. The predicted molar refractivity (Wildman–Crippen MR) is 37.2 cm³/mol. The maximum absolute atomic E-state index is 10.4. The molecule has 0 saturated heterocycles. The second kappa shape index (κ2) is 5.31. The molecule has 0 aromatic carbocycles. The summed E-state index contributed by atoms with van der Waals surface area (Å²) in [7, 11) is 3.16.